The van der Waals surface area contributed by atoms with Gasteiger partial charge in [-0.25, -0.2) is 0 Å². The quantitative estimate of drug-likeness (QED) is 0.172. The fourth-order valence-corrected chi connectivity index (χ4v) is 6.01. The number of nitrogens with zero attached hydrogens (tertiary/aromatic N) is 1. The summed E-state index contributed by atoms with van der Waals surface area (Å²) >= 11 is 3.80. The van der Waals surface area contributed by atoms with E-state index in [2.05, 4.69) is 192 Å². The lowest BCUT2D eigenvalue weighted by molar-refractivity contribution is 1.28. The molecule has 0 fully saturated rings. The third-order valence-electron chi connectivity index (χ3n) is 7.73. The highest BCUT2D eigenvalue weighted by Crippen LogP contribution is 2.40. The Kier molecular flexibility index (Phi) is 8.49. The molecule has 0 bridgehead atoms. The molecule has 0 radical (unpaired) electrons. The van der Waals surface area contributed by atoms with Crippen LogP contribution in [0.5, 0.6) is 0 Å². The topological polar surface area (TPSA) is 3.24 Å². The lowest BCUT2D eigenvalue weighted by atomic mass is 10.0. The summed E-state index contributed by atoms with van der Waals surface area (Å²) in [4.78, 5) is 2.32. The number of hydrogen-bond acceptors (Lipinski definition) is 1. The van der Waals surface area contributed by atoms with Gasteiger partial charge in [0.2, 0.25) is 0 Å². The zero-order chi connectivity index (χ0) is 29.6. The Hall–Kier alpha value is -4.92. The van der Waals surface area contributed by atoms with Crippen LogP contribution in [0, 0.1) is 0 Å². The molecule has 208 valence electrons. The van der Waals surface area contributed by atoms with Gasteiger partial charge in [-0.1, -0.05) is 144 Å². The largest absolute Gasteiger partial charge is 0.310 e. The molecule has 6 aromatic carbocycles. The van der Waals surface area contributed by atoms with Crippen LogP contribution in [-0.4, -0.2) is 0 Å². The fraction of sp³-hybridized carbons (Fsp3) is 0.0244. The summed E-state index contributed by atoms with van der Waals surface area (Å²) in [5.41, 5.74) is 10.2. The van der Waals surface area contributed by atoms with Crippen molar-refractivity contribution in [3.63, 3.8) is 0 Å². The minimum absolute atomic E-state index is 1.06. The van der Waals surface area contributed by atoms with Gasteiger partial charge in [0, 0.05) is 21.5 Å². The van der Waals surface area contributed by atoms with Crippen molar-refractivity contribution in [2.24, 2.45) is 0 Å². The monoisotopic (exact) mass is 617 g/mol. The highest BCUT2D eigenvalue weighted by Gasteiger charge is 2.16. The van der Waals surface area contributed by atoms with Gasteiger partial charge in [-0.05, 0) is 93.2 Å². The summed E-state index contributed by atoms with van der Waals surface area (Å²) < 4.78 is 1.06. The highest BCUT2D eigenvalue weighted by atomic mass is 79.9. The lowest BCUT2D eigenvalue weighted by Crippen LogP contribution is -2.26. The molecule has 2 heteroatoms. The summed E-state index contributed by atoms with van der Waals surface area (Å²) in [6.45, 7) is 6.23. The van der Waals surface area contributed by atoms with Crippen LogP contribution in [-0.2, 0) is 0 Å². The van der Waals surface area contributed by atoms with Gasteiger partial charge in [0.15, 0.2) is 0 Å². The van der Waals surface area contributed by atoms with Gasteiger partial charge in [-0.3, -0.25) is 0 Å². The Morgan fingerprint density at radius 1 is 0.581 bits per heavy atom. The summed E-state index contributed by atoms with van der Waals surface area (Å²) in [7, 11) is 0. The summed E-state index contributed by atoms with van der Waals surface area (Å²) in [6, 6.07) is 53.6. The second-order valence-electron chi connectivity index (χ2n) is 10.3. The summed E-state index contributed by atoms with van der Waals surface area (Å²) in [5.74, 6) is 0. The number of halogens is 1. The highest BCUT2D eigenvalue weighted by molar-refractivity contribution is 9.10. The lowest BCUT2D eigenvalue weighted by Gasteiger charge is -2.27. The molecule has 0 N–H and O–H groups in total. The molecule has 6 aromatic rings. The normalized spacial score (nSPS) is 12.1. The molecule has 0 heterocycles. The predicted octanol–water partition coefficient (Wildman–Crippen LogP) is 10.4. The van der Waals surface area contributed by atoms with E-state index in [0.717, 1.165) is 38.2 Å². The maximum Gasteiger partial charge on any atom is 0.0468 e. The third-order valence-corrected chi connectivity index (χ3v) is 8.42. The smallest absolute Gasteiger partial charge is 0.0468 e. The maximum absolute atomic E-state index is 4.16. The third kappa shape index (κ3) is 6.02. The molecular weight excluding hydrogens is 586 g/mol. The molecule has 0 saturated carbocycles. The number of allylic oxidation sites excluding steroid dienone is 1. The molecule has 0 aliphatic heterocycles. The average Bonchev–Trinajstić information content (AvgIpc) is 3.08. The SMILES string of the molecule is C=C/C(c1ccc(N(c2ccc(-c3ccccc3)cc2)c2ccc(Br)c(-c3ccccc3)c2)cc1)=c1/cccc/c1=C/C. The van der Waals surface area contributed by atoms with E-state index >= 15 is 0 Å². The van der Waals surface area contributed by atoms with Gasteiger partial charge in [-0.2, -0.15) is 0 Å². The van der Waals surface area contributed by atoms with E-state index in [-0.39, 0.29) is 0 Å². The number of benzene rings is 6. The standard InChI is InChI=1S/C41H32BrN/c1-3-30-13-11-12-18-39(30)38(4-2)34-21-25-36(26-22-34)43(35-23-19-32(20-24-35)31-14-7-5-8-15-31)37-27-28-41(42)40(29-37)33-16-9-6-10-17-33/h3-29H,2H2,1H3/b30-3-,39-38+. The van der Waals surface area contributed by atoms with Crippen LogP contribution in [0.2, 0.25) is 0 Å². The molecule has 43 heavy (non-hydrogen) atoms. The van der Waals surface area contributed by atoms with Gasteiger partial charge in [0.25, 0.3) is 0 Å². The number of anilines is 3. The van der Waals surface area contributed by atoms with Crippen molar-refractivity contribution < 1.29 is 0 Å². The number of hydrogen-bond donors (Lipinski definition) is 0. The molecule has 0 spiro atoms. The molecule has 0 atom stereocenters. The van der Waals surface area contributed by atoms with Crippen LogP contribution < -0.4 is 15.3 Å². The van der Waals surface area contributed by atoms with Gasteiger partial charge in [0.05, 0.1) is 0 Å². The maximum atomic E-state index is 4.16. The molecule has 0 unspecified atom stereocenters. The van der Waals surface area contributed by atoms with Crippen LogP contribution in [0.4, 0.5) is 17.1 Å². The van der Waals surface area contributed by atoms with E-state index < -0.39 is 0 Å². The average molecular weight is 619 g/mol. The molecule has 0 saturated heterocycles. The van der Waals surface area contributed by atoms with Crippen molar-refractivity contribution in [2.45, 2.75) is 6.92 Å². The van der Waals surface area contributed by atoms with Crippen LogP contribution in [0.3, 0.4) is 0 Å². The molecule has 0 aliphatic rings. The van der Waals surface area contributed by atoms with Crippen LogP contribution >= 0.6 is 15.9 Å². The first-order valence-electron chi connectivity index (χ1n) is 14.5. The second-order valence-corrected chi connectivity index (χ2v) is 11.2. The summed E-state index contributed by atoms with van der Waals surface area (Å²) in [5, 5.41) is 2.38. The van der Waals surface area contributed by atoms with Gasteiger partial charge in [0.1, 0.15) is 0 Å². The Bertz CT molecular complexity index is 1970. The van der Waals surface area contributed by atoms with Crippen molar-refractivity contribution in [3.8, 4) is 22.3 Å². The Balaban J connectivity index is 1.48. The Morgan fingerprint density at radius 2 is 1.12 bits per heavy atom. The Morgan fingerprint density at radius 3 is 1.74 bits per heavy atom. The molecule has 0 aliphatic carbocycles. The van der Waals surface area contributed by atoms with Crippen LogP contribution in [0.25, 0.3) is 33.9 Å². The van der Waals surface area contributed by atoms with E-state index in [1.54, 1.807) is 0 Å². The molecule has 6 rings (SSSR count). The van der Waals surface area contributed by atoms with Crippen molar-refractivity contribution in [1.82, 2.24) is 0 Å². The molecular formula is C41H32BrN. The number of rotatable bonds is 7. The first-order chi connectivity index (χ1) is 21.2. The van der Waals surface area contributed by atoms with Crippen molar-refractivity contribution in [2.75, 3.05) is 4.90 Å². The first kappa shape index (κ1) is 28.2. The van der Waals surface area contributed by atoms with E-state index in [1.165, 1.54) is 27.1 Å². The Labute approximate surface area is 262 Å². The van der Waals surface area contributed by atoms with Crippen LogP contribution in [0.15, 0.2) is 169 Å². The van der Waals surface area contributed by atoms with Gasteiger partial charge in [-0.15, -0.1) is 0 Å². The van der Waals surface area contributed by atoms with E-state index in [1.807, 2.05) is 6.08 Å². The zero-order valence-electron chi connectivity index (χ0n) is 24.1. The van der Waals surface area contributed by atoms with Crippen molar-refractivity contribution >= 4 is 44.6 Å². The fourth-order valence-electron chi connectivity index (χ4n) is 5.54. The molecule has 0 amide bonds. The minimum atomic E-state index is 1.06. The minimum Gasteiger partial charge on any atom is -0.310 e. The predicted molar refractivity (Wildman–Crippen MR) is 188 cm³/mol. The van der Waals surface area contributed by atoms with Gasteiger partial charge < -0.3 is 4.90 Å². The van der Waals surface area contributed by atoms with Crippen molar-refractivity contribution in [1.29, 1.82) is 0 Å². The van der Waals surface area contributed by atoms with E-state index in [0.29, 0.717) is 0 Å². The van der Waals surface area contributed by atoms with Gasteiger partial charge >= 0.3 is 0 Å². The van der Waals surface area contributed by atoms with E-state index in [9.17, 15) is 0 Å². The first-order valence-corrected chi connectivity index (χ1v) is 15.2. The zero-order valence-corrected chi connectivity index (χ0v) is 25.7. The second kappa shape index (κ2) is 12.9. The van der Waals surface area contributed by atoms with Crippen molar-refractivity contribution in [3.05, 3.63) is 185 Å². The summed E-state index contributed by atoms with van der Waals surface area (Å²) in [6.07, 6.45) is 4.10. The van der Waals surface area contributed by atoms with Crippen LogP contribution in [0.1, 0.15) is 12.5 Å². The van der Waals surface area contributed by atoms with E-state index in [4.69, 9.17) is 0 Å². The molecule has 0 aromatic heterocycles. The molecule has 1 nitrogen and oxygen atoms in total.